The van der Waals surface area contributed by atoms with E-state index in [0.717, 1.165) is 39.0 Å². The number of carboxylic acid groups (broad SMARTS) is 1. The molecule has 3 heterocycles. The number of aryl methyl sites for hydroxylation is 1. The van der Waals surface area contributed by atoms with Crippen LogP contribution in [-0.2, 0) is 28.0 Å². The van der Waals surface area contributed by atoms with E-state index in [0.29, 0.717) is 13.0 Å². The van der Waals surface area contributed by atoms with E-state index in [2.05, 4.69) is 38.8 Å². The smallest absolute Gasteiger partial charge is 0.308 e. The second kappa shape index (κ2) is 6.72. The third-order valence-corrected chi connectivity index (χ3v) is 5.59. The molecule has 1 N–H and O–H groups in total. The fraction of sp³-hybridized carbons (Fsp3) is 0.789. The quantitative estimate of drug-likeness (QED) is 0.905. The maximum Gasteiger partial charge on any atom is 0.308 e. The molecule has 1 aromatic heterocycles. The maximum absolute atomic E-state index is 11.2. The van der Waals surface area contributed by atoms with E-state index in [1.54, 1.807) is 0 Å². The van der Waals surface area contributed by atoms with Gasteiger partial charge in [-0.1, -0.05) is 20.8 Å². The summed E-state index contributed by atoms with van der Waals surface area (Å²) in [6.45, 7) is 12.8. The Labute approximate surface area is 150 Å². The number of nitrogens with zero attached hydrogens (tertiary/aromatic N) is 3. The van der Waals surface area contributed by atoms with E-state index in [-0.39, 0.29) is 16.9 Å². The second-order valence-electron chi connectivity index (χ2n) is 8.62. The fourth-order valence-electron chi connectivity index (χ4n) is 4.08. The number of aliphatic carboxylic acids is 1. The van der Waals surface area contributed by atoms with Crippen molar-refractivity contribution >= 4 is 5.97 Å². The van der Waals surface area contributed by atoms with Gasteiger partial charge in [0.05, 0.1) is 23.8 Å². The van der Waals surface area contributed by atoms with Crippen LogP contribution in [0.3, 0.4) is 0 Å². The Kier molecular flexibility index (Phi) is 4.95. The van der Waals surface area contributed by atoms with Crippen molar-refractivity contribution in [2.24, 2.45) is 5.92 Å². The van der Waals surface area contributed by atoms with Crippen LogP contribution in [0.5, 0.6) is 0 Å². The van der Waals surface area contributed by atoms with Crippen LogP contribution in [0.4, 0.5) is 0 Å². The van der Waals surface area contributed by atoms with Crippen LogP contribution in [0.15, 0.2) is 6.20 Å². The molecule has 1 atom stereocenters. The third kappa shape index (κ3) is 3.90. The van der Waals surface area contributed by atoms with Gasteiger partial charge in [-0.15, -0.1) is 0 Å². The Hall–Kier alpha value is -1.40. The van der Waals surface area contributed by atoms with Gasteiger partial charge in [0.25, 0.3) is 0 Å². The Morgan fingerprint density at radius 1 is 1.40 bits per heavy atom. The van der Waals surface area contributed by atoms with Crippen LogP contribution in [0.1, 0.15) is 58.2 Å². The lowest BCUT2D eigenvalue weighted by atomic mass is 9.85. The van der Waals surface area contributed by atoms with Crippen molar-refractivity contribution in [3.63, 3.8) is 0 Å². The summed E-state index contributed by atoms with van der Waals surface area (Å²) in [5.41, 5.74) is 2.31. The summed E-state index contributed by atoms with van der Waals surface area (Å²) in [6, 6.07) is 0. The summed E-state index contributed by atoms with van der Waals surface area (Å²) in [5, 5.41) is 14.0. The molecule has 6 heteroatoms. The molecular formula is C19H31N3O3. The first-order valence-corrected chi connectivity index (χ1v) is 9.38. The van der Waals surface area contributed by atoms with E-state index in [1.807, 2.05) is 4.68 Å². The van der Waals surface area contributed by atoms with E-state index in [1.165, 1.54) is 11.3 Å². The van der Waals surface area contributed by atoms with Crippen LogP contribution >= 0.6 is 0 Å². The zero-order chi connectivity index (χ0) is 18.2. The van der Waals surface area contributed by atoms with Gasteiger partial charge in [-0.25, -0.2) is 0 Å². The van der Waals surface area contributed by atoms with Gasteiger partial charge < -0.3 is 9.84 Å². The molecule has 0 radical (unpaired) electrons. The number of ether oxygens (including phenoxy) is 1. The number of carboxylic acids is 1. The molecular weight excluding hydrogens is 318 g/mol. The topological polar surface area (TPSA) is 67.6 Å². The number of carbonyl (C=O) groups is 1. The molecule has 2 saturated heterocycles. The van der Waals surface area contributed by atoms with Gasteiger partial charge >= 0.3 is 5.97 Å². The van der Waals surface area contributed by atoms with Gasteiger partial charge in [0.15, 0.2) is 0 Å². The van der Waals surface area contributed by atoms with Crippen LogP contribution in [0, 0.1) is 5.92 Å². The molecule has 1 spiro atoms. The van der Waals surface area contributed by atoms with Crippen molar-refractivity contribution in [2.75, 3.05) is 19.7 Å². The van der Waals surface area contributed by atoms with E-state index in [4.69, 9.17) is 9.84 Å². The van der Waals surface area contributed by atoms with Gasteiger partial charge in [0.1, 0.15) is 0 Å². The molecule has 1 unspecified atom stereocenters. The summed E-state index contributed by atoms with van der Waals surface area (Å²) < 4.78 is 7.96. The molecule has 0 aromatic carbocycles. The van der Waals surface area contributed by atoms with E-state index >= 15 is 0 Å². The van der Waals surface area contributed by atoms with Gasteiger partial charge in [0.2, 0.25) is 0 Å². The van der Waals surface area contributed by atoms with Gasteiger partial charge in [-0.2, -0.15) is 5.10 Å². The average molecular weight is 349 g/mol. The van der Waals surface area contributed by atoms with Gasteiger partial charge in [-0.05, 0) is 26.2 Å². The number of rotatable bonds is 4. The molecule has 2 aliphatic heterocycles. The summed E-state index contributed by atoms with van der Waals surface area (Å²) in [5.74, 6) is -1.05. The Balaban J connectivity index is 1.63. The van der Waals surface area contributed by atoms with Crippen LogP contribution in [0.25, 0.3) is 0 Å². The zero-order valence-corrected chi connectivity index (χ0v) is 15.9. The van der Waals surface area contributed by atoms with Crippen molar-refractivity contribution in [3.8, 4) is 0 Å². The number of hydrogen-bond acceptors (Lipinski definition) is 4. The highest BCUT2D eigenvalue weighted by atomic mass is 16.5. The number of hydrogen-bond donors (Lipinski definition) is 1. The molecule has 0 saturated carbocycles. The second-order valence-corrected chi connectivity index (χ2v) is 8.62. The lowest BCUT2D eigenvalue weighted by Gasteiger charge is -2.38. The highest BCUT2D eigenvalue weighted by Crippen LogP contribution is 2.39. The molecule has 3 rings (SSSR count). The summed E-state index contributed by atoms with van der Waals surface area (Å²) in [7, 11) is 0. The van der Waals surface area contributed by atoms with Crippen molar-refractivity contribution in [1.82, 2.24) is 14.7 Å². The minimum atomic E-state index is -0.721. The van der Waals surface area contributed by atoms with E-state index < -0.39 is 5.97 Å². The Morgan fingerprint density at radius 2 is 2.08 bits per heavy atom. The Morgan fingerprint density at radius 3 is 2.60 bits per heavy atom. The number of aromatic nitrogens is 2. The molecule has 0 bridgehead atoms. The molecule has 0 aliphatic carbocycles. The van der Waals surface area contributed by atoms with E-state index in [9.17, 15) is 9.90 Å². The lowest BCUT2D eigenvalue weighted by Crippen LogP contribution is -2.44. The maximum atomic E-state index is 11.2. The summed E-state index contributed by atoms with van der Waals surface area (Å²) in [4.78, 5) is 13.6. The summed E-state index contributed by atoms with van der Waals surface area (Å²) >= 11 is 0. The molecule has 2 fully saturated rings. The monoisotopic (exact) mass is 349 g/mol. The number of likely N-dealkylation sites (tertiary alicyclic amines) is 1. The predicted octanol–water partition coefficient (Wildman–Crippen LogP) is 2.66. The first-order chi connectivity index (χ1) is 11.7. The molecule has 25 heavy (non-hydrogen) atoms. The minimum Gasteiger partial charge on any atom is -0.481 e. The normalized spacial score (nSPS) is 24.1. The first kappa shape index (κ1) is 18.4. The molecule has 2 aliphatic rings. The van der Waals surface area contributed by atoms with Crippen molar-refractivity contribution < 1.29 is 14.6 Å². The van der Waals surface area contributed by atoms with Crippen LogP contribution in [-0.4, -0.2) is 51.1 Å². The number of piperidine rings is 1. The van der Waals surface area contributed by atoms with Crippen molar-refractivity contribution in [1.29, 1.82) is 0 Å². The summed E-state index contributed by atoms with van der Waals surface area (Å²) in [6.07, 6.45) is 4.68. The minimum absolute atomic E-state index is 0.0377. The first-order valence-electron chi connectivity index (χ1n) is 9.38. The van der Waals surface area contributed by atoms with Crippen molar-refractivity contribution in [3.05, 3.63) is 17.5 Å². The van der Waals surface area contributed by atoms with Gasteiger partial charge in [-0.3, -0.25) is 14.4 Å². The average Bonchev–Trinajstić information content (AvgIpc) is 3.14. The largest absolute Gasteiger partial charge is 0.481 e. The van der Waals surface area contributed by atoms with Gasteiger partial charge in [0, 0.05) is 43.4 Å². The molecule has 0 amide bonds. The lowest BCUT2D eigenvalue weighted by molar-refractivity contribution is -0.141. The highest BCUT2D eigenvalue weighted by molar-refractivity contribution is 5.70. The highest BCUT2D eigenvalue weighted by Gasteiger charge is 2.45. The van der Waals surface area contributed by atoms with Crippen LogP contribution < -0.4 is 0 Å². The predicted molar refractivity (Wildman–Crippen MR) is 95.5 cm³/mol. The molecule has 140 valence electrons. The molecule has 1 aromatic rings. The fourth-order valence-corrected chi connectivity index (χ4v) is 4.08. The van der Waals surface area contributed by atoms with Crippen molar-refractivity contribution in [2.45, 2.75) is 71.1 Å². The third-order valence-electron chi connectivity index (χ3n) is 5.59. The standard InChI is InChI=1S/C19H31N3O3/c1-5-22-12-15(16(20-22)18(2,3)4)11-21-8-6-19(7-9-21)10-14(13-25-19)17(23)24/h12,14H,5-11,13H2,1-4H3,(H,23,24). The molecule has 6 nitrogen and oxygen atoms in total. The zero-order valence-electron chi connectivity index (χ0n) is 15.9. The van der Waals surface area contributed by atoms with Crippen LogP contribution in [0.2, 0.25) is 0 Å². The SMILES string of the molecule is CCn1cc(CN2CCC3(CC2)CC(C(=O)O)CO3)c(C(C)(C)C)n1. The Bertz CT molecular complexity index is 624.